The minimum absolute atomic E-state index is 1.11. The number of rotatable bonds is 1. The number of anilines is 1. The molecule has 3 nitrogen and oxygen atoms in total. The van der Waals surface area contributed by atoms with Crippen LogP contribution in [0.2, 0.25) is 0 Å². The number of aromatic nitrogens is 1. The third kappa shape index (κ3) is 3.47. The van der Waals surface area contributed by atoms with Crippen molar-refractivity contribution >= 4 is 17.2 Å². The van der Waals surface area contributed by atoms with E-state index < -0.39 is 0 Å². The van der Waals surface area contributed by atoms with Crippen LogP contribution in [0.3, 0.4) is 0 Å². The van der Waals surface area contributed by atoms with E-state index in [2.05, 4.69) is 34.1 Å². The van der Waals surface area contributed by atoms with E-state index in [9.17, 15) is 0 Å². The van der Waals surface area contributed by atoms with Crippen molar-refractivity contribution < 1.29 is 0 Å². The maximum absolute atomic E-state index is 4.49. The lowest BCUT2D eigenvalue weighted by molar-refractivity contribution is 0.312. The first kappa shape index (κ1) is 12.5. The van der Waals surface area contributed by atoms with E-state index in [1.807, 2.05) is 13.8 Å². The standard InChI is InChI=1S/C9H15N3S.C2H6/c1-8-10-9(7-13-8)12-5-3-11(2)4-6-12;1-2/h7H,3-6H2,1-2H3;1-2H3. The van der Waals surface area contributed by atoms with Crippen LogP contribution >= 0.6 is 11.3 Å². The van der Waals surface area contributed by atoms with Crippen molar-refractivity contribution in [3.05, 3.63) is 10.4 Å². The van der Waals surface area contributed by atoms with Crippen molar-refractivity contribution in [2.75, 3.05) is 38.1 Å². The number of likely N-dealkylation sites (N-methyl/N-ethyl adjacent to an activating group) is 1. The summed E-state index contributed by atoms with van der Waals surface area (Å²) in [5.74, 6) is 1.16. The molecule has 0 spiro atoms. The van der Waals surface area contributed by atoms with E-state index in [1.165, 1.54) is 0 Å². The molecule has 0 bridgehead atoms. The molecule has 1 aliphatic rings. The summed E-state index contributed by atoms with van der Waals surface area (Å²) < 4.78 is 0. The molecular formula is C11H21N3S. The topological polar surface area (TPSA) is 19.4 Å². The van der Waals surface area contributed by atoms with Crippen molar-refractivity contribution in [2.45, 2.75) is 20.8 Å². The Morgan fingerprint density at radius 1 is 1.20 bits per heavy atom. The summed E-state index contributed by atoms with van der Waals surface area (Å²) in [6.45, 7) is 10.6. The van der Waals surface area contributed by atoms with Gasteiger partial charge in [0.2, 0.25) is 0 Å². The Hall–Kier alpha value is -0.610. The van der Waals surface area contributed by atoms with Crippen LogP contribution in [-0.4, -0.2) is 43.1 Å². The van der Waals surface area contributed by atoms with Crippen LogP contribution in [0.4, 0.5) is 5.82 Å². The zero-order valence-electron chi connectivity index (χ0n) is 10.2. The van der Waals surface area contributed by atoms with Gasteiger partial charge in [0, 0.05) is 31.6 Å². The molecule has 4 heteroatoms. The molecule has 1 fully saturated rings. The molecule has 0 saturated carbocycles. The minimum Gasteiger partial charge on any atom is -0.353 e. The van der Waals surface area contributed by atoms with Gasteiger partial charge in [0.1, 0.15) is 5.82 Å². The number of nitrogens with zero attached hydrogens (tertiary/aromatic N) is 3. The van der Waals surface area contributed by atoms with Gasteiger partial charge >= 0.3 is 0 Å². The number of piperazine rings is 1. The maximum atomic E-state index is 4.49. The molecule has 2 heterocycles. The lowest BCUT2D eigenvalue weighted by atomic mass is 10.3. The average molecular weight is 227 g/mol. The van der Waals surface area contributed by atoms with Crippen LogP contribution in [0.15, 0.2) is 5.38 Å². The van der Waals surface area contributed by atoms with Gasteiger partial charge in [-0.2, -0.15) is 0 Å². The molecule has 1 saturated heterocycles. The lowest BCUT2D eigenvalue weighted by Crippen LogP contribution is -2.44. The molecule has 0 amide bonds. The summed E-state index contributed by atoms with van der Waals surface area (Å²) in [5.41, 5.74) is 0. The molecule has 0 aliphatic carbocycles. The van der Waals surface area contributed by atoms with Gasteiger partial charge < -0.3 is 9.80 Å². The molecule has 1 aliphatic heterocycles. The smallest absolute Gasteiger partial charge is 0.139 e. The molecule has 0 unspecified atom stereocenters. The second kappa shape index (κ2) is 6.08. The Kier molecular flexibility index (Phi) is 5.05. The largest absolute Gasteiger partial charge is 0.353 e. The summed E-state index contributed by atoms with van der Waals surface area (Å²) in [7, 11) is 2.17. The number of aryl methyl sites for hydroxylation is 1. The Balaban J connectivity index is 0.000000531. The van der Waals surface area contributed by atoms with Gasteiger partial charge in [-0.3, -0.25) is 0 Å². The quantitative estimate of drug-likeness (QED) is 0.733. The predicted molar refractivity (Wildman–Crippen MR) is 67.9 cm³/mol. The molecule has 1 aromatic rings. The minimum atomic E-state index is 1.11. The normalized spacial score (nSPS) is 17.2. The first-order valence-corrected chi connectivity index (χ1v) is 6.49. The van der Waals surface area contributed by atoms with Crippen LogP contribution in [0.5, 0.6) is 0 Å². The second-order valence-electron chi connectivity index (χ2n) is 3.52. The highest BCUT2D eigenvalue weighted by Gasteiger charge is 2.15. The Morgan fingerprint density at radius 3 is 2.27 bits per heavy atom. The van der Waals surface area contributed by atoms with E-state index in [4.69, 9.17) is 0 Å². The monoisotopic (exact) mass is 227 g/mol. The van der Waals surface area contributed by atoms with Crippen molar-refractivity contribution in [1.29, 1.82) is 0 Å². The number of thiazole rings is 1. The van der Waals surface area contributed by atoms with Crippen LogP contribution in [-0.2, 0) is 0 Å². The van der Waals surface area contributed by atoms with Crippen LogP contribution in [0.25, 0.3) is 0 Å². The van der Waals surface area contributed by atoms with Gasteiger partial charge in [0.15, 0.2) is 0 Å². The van der Waals surface area contributed by atoms with Crippen molar-refractivity contribution in [2.24, 2.45) is 0 Å². The summed E-state index contributed by atoms with van der Waals surface area (Å²) in [6.07, 6.45) is 0. The van der Waals surface area contributed by atoms with E-state index in [-0.39, 0.29) is 0 Å². The number of hydrogen-bond donors (Lipinski definition) is 0. The highest BCUT2D eigenvalue weighted by molar-refractivity contribution is 7.09. The van der Waals surface area contributed by atoms with Gasteiger partial charge in [-0.05, 0) is 14.0 Å². The maximum Gasteiger partial charge on any atom is 0.139 e. The van der Waals surface area contributed by atoms with E-state index >= 15 is 0 Å². The molecule has 86 valence electrons. The SMILES string of the molecule is CC.Cc1nc(N2CCN(C)CC2)cs1. The number of hydrogen-bond acceptors (Lipinski definition) is 4. The highest BCUT2D eigenvalue weighted by Crippen LogP contribution is 2.18. The molecular weight excluding hydrogens is 206 g/mol. The van der Waals surface area contributed by atoms with Crippen molar-refractivity contribution in [1.82, 2.24) is 9.88 Å². The Labute approximate surface area is 96.7 Å². The van der Waals surface area contributed by atoms with Crippen molar-refractivity contribution in [3.8, 4) is 0 Å². The van der Waals surface area contributed by atoms with Gasteiger partial charge in [-0.15, -0.1) is 11.3 Å². The zero-order valence-corrected chi connectivity index (χ0v) is 11.0. The summed E-state index contributed by atoms with van der Waals surface area (Å²) >= 11 is 1.73. The first-order chi connectivity index (χ1) is 7.25. The van der Waals surface area contributed by atoms with Crippen LogP contribution in [0, 0.1) is 6.92 Å². The average Bonchev–Trinajstić information content (AvgIpc) is 2.69. The summed E-state index contributed by atoms with van der Waals surface area (Å²) in [4.78, 5) is 9.21. The van der Waals surface area contributed by atoms with Crippen molar-refractivity contribution in [3.63, 3.8) is 0 Å². The van der Waals surface area contributed by atoms with E-state index in [1.54, 1.807) is 11.3 Å². The fourth-order valence-corrected chi connectivity index (χ4v) is 2.16. The molecule has 0 atom stereocenters. The van der Waals surface area contributed by atoms with Gasteiger partial charge in [-0.1, -0.05) is 13.8 Å². The molecule has 1 aromatic heterocycles. The summed E-state index contributed by atoms with van der Waals surface area (Å²) in [6, 6.07) is 0. The van der Waals surface area contributed by atoms with Gasteiger partial charge in [0.25, 0.3) is 0 Å². The lowest BCUT2D eigenvalue weighted by Gasteiger charge is -2.32. The highest BCUT2D eigenvalue weighted by atomic mass is 32.1. The Morgan fingerprint density at radius 2 is 1.80 bits per heavy atom. The first-order valence-electron chi connectivity index (χ1n) is 5.61. The molecule has 15 heavy (non-hydrogen) atoms. The fraction of sp³-hybridized carbons (Fsp3) is 0.727. The van der Waals surface area contributed by atoms with Gasteiger partial charge in [-0.25, -0.2) is 4.98 Å². The van der Waals surface area contributed by atoms with E-state index in [0.29, 0.717) is 0 Å². The third-order valence-electron chi connectivity index (χ3n) is 2.43. The molecule has 2 rings (SSSR count). The van der Waals surface area contributed by atoms with Gasteiger partial charge in [0.05, 0.1) is 5.01 Å². The zero-order chi connectivity index (χ0) is 11.3. The van der Waals surface area contributed by atoms with Crippen LogP contribution < -0.4 is 4.90 Å². The Bertz CT molecular complexity index is 277. The fourth-order valence-electron chi connectivity index (χ4n) is 1.53. The van der Waals surface area contributed by atoms with E-state index in [0.717, 1.165) is 37.0 Å². The second-order valence-corrected chi connectivity index (χ2v) is 4.58. The molecule has 0 N–H and O–H groups in total. The third-order valence-corrected chi connectivity index (χ3v) is 3.20. The predicted octanol–water partition coefficient (Wildman–Crippen LogP) is 2.23. The molecule has 0 radical (unpaired) electrons. The van der Waals surface area contributed by atoms with Crippen LogP contribution in [0.1, 0.15) is 18.9 Å². The molecule has 0 aromatic carbocycles. The summed E-state index contributed by atoms with van der Waals surface area (Å²) in [5, 5.41) is 3.31.